The van der Waals surface area contributed by atoms with Crippen molar-refractivity contribution in [2.75, 3.05) is 13.1 Å². The van der Waals surface area contributed by atoms with Crippen LogP contribution < -0.4 is 10.6 Å². The summed E-state index contributed by atoms with van der Waals surface area (Å²) in [4.78, 5) is 1.31. The van der Waals surface area contributed by atoms with E-state index in [1.54, 1.807) is 0 Å². The van der Waals surface area contributed by atoms with E-state index in [1.807, 2.05) is 0 Å². The van der Waals surface area contributed by atoms with Gasteiger partial charge in [0, 0.05) is 5.92 Å². The Kier molecular flexibility index (Phi) is 1.53. The molecule has 0 aromatic heterocycles. The molecule has 1 aliphatic rings. The molecule has 1 rings (SSSR count). The van der Waals surface area contributed by atoms with E-state index in [0.717, 1.165) is 13.1 Å². The van der Waals surface area contributed by atoms with Crippen molar-refractivity contribution in [1.82, 2.24) is 0 Å². The topological polar surface area (TPSA) is 30.5 Å². The molecule has 0 radical (unpaired) electrons. The Bertz CT molecular complexity index is 109. The first kappa shape index (κ1) is 7.03. The predicted octanol–water partition coefficient (Wildman–Crippen LogP) is -0.970. The molecule has 0 aromatic carbocycles. The number of quaternary nitrogens is 1. The number of nitrogens with two attached hydrogens (primary N) is 1. The van der Waals surface area contributed by atoms with Gasteiger partial charge >= 0.3 is 0 Å². The third-order valence-corrected chi connectivity index (χ3v) is 2.35. The zero-order valence-electron chi connectivity index (χ0n) is 6.28. The maximum Gasteiger partial charge on any atom is 0.0715 e. The van der Waals surface area contributed by atoms with Crippen LogP contribution in [0.25, 0.3) is 0 Å². The molecular weight excluding hydrogens is 112 g/mol. The van der Waals surface area contributed by atoms with E-state index in [0.29, 0.717) is 5.92 Å². The van der Waals surface area contributed by atoms with Crippen molar-refractivity contribution in [1.29, 1.82) is 0 Å². The molecule has 0 bridgehead atoms. The highest BCUT2D eigenvalue weighted by atomic mass is 15.2. The molecule has 1 heterocycles. The van der Waals surface area contributed by atoms with Gasteiger partial charge in [-0.25, -0.2) is 0 Å². The fraction of sp³-hybridized carbons (Fsp3) is 0.857. The van der Waals surface area contributed by atoms with Crippen LogP contribution in [0.4, 0.5) is 0 Å². The van der Waals surface area contributed by atoms with E-state index in [-0.39, 0.29) is 5.54 Å². The lowest BCUT2D eigenvalue weighted by atomic mass is 9.92. The third kappa shape index (κ3) is 1.25. The molecule has 0 amide bonds. The van der Waals surface area contributed by atoms with Gasteiger partial charge in [0.2, 0.25) is 0 Å². The molecule has 1 aliphatic heterocycles. The van der Waals surface area contributed by atoms with E-state index in [1.165, 1.54) is 4.90 Å². The molecule has 2 heteroatoms. The van der Waals surface area contributed by atoms with Crippen LogP contribution in [0, 0.1) is 13.0 Å². The minimum atomic E-state index is 0.0249. The van der Waals surface area contributed by atoms with Crippen molar-refractivity contribution < 1.29 is 4.90 Å². The SMILES string of the molecule is [CH2-][NH+]1C[C@H](C)[C@@](C)(N)C1. The van der Waals surface area contributed by atoms with Crippen LogP contribution in [0.2, 0.25) is 0 Å². The van der Waals surface area contributed by atoms with Crippen LogP contribution in [0.3, 0.4) is 0 Å². The Morgan fingerprint density at radius 1 is 1.78 bits per heavy atom. The zero-order chi connectivity index (χ0) is 7.07. The molecule has 1 unspecified atom stereocenters. The van der Waals surface area contributed by atoms with Crippen molar-refractivity contribution in [3.8, 4) is 0 Å². The third-order valence-electron chi connectivity index (χ3n) is 2.35. The van der Waals surface area contributed by atoms with Gasteiger partial charge in [0.25, 0.3) is 0 Å². The Hall–Kier alpha value is -0.0800. The quantitative estimate of drug-likeness (QED) is 0.404. The molecule has 0 aromatic rings. The fourth-order valence-corrected chi connectivity index (χ4v) is 1.45. The van der Waals surface area contributed by atoms with E-state index >= 15 is 0 Å². The smallest absolute Gasteiger partial charge is 0.0715 e. The maximum atomic E-state index is 5.95. The van der Waals surface area contributed by atoms with Crippen molar-refractivity contribution in [3.63, 3.8) is 0 Å². The molecule has 0 aliphatic carbocycles. The van der Waals surface area contributed by atoms with Crippen molar-refractivity contribution in [2.24, 2.45) is 11.7 Å². The molecule has 54 valence electrons. The largest absolute Gasteiger partial charge is 0.466 e. The van der Waals surface area contributed by atoms with Gasteiger partial charge in [0.05, 0.1) is 18.6 Å². The summed E-state index contributed by atoms with van der Waals surface area (Å²) in [6.45, 7) is 6.43. The van der Waals surface area contributed by atoms with Gasteiger partial charge in [-0.05, 0) is 6.92 Å². The van der Waals surface area contributed by atoms with Crippen LogP contribution in [-0.4, -0.2) is 18.6 Å². The first-order chi connectivity index (χ1) is 4.02. The zero-order valence-corrected chi connectivity index (χ0v) is 6.28. The van der Waals surface area contributed by atoms with Crippen LogP contribution in [0.1, 0.15) is 13.8 Å². The maximum absolute atomic E-state index is 5.95. The molecule has 2 nitrogen and oxygen atoms in total. The van der Waals surface area contributed by atoms with Crippen molar-refractivity contribution >= 4 is 0 Å². The Labute approximate surface area is 57.0 Å². The normalized spacial score (nSPS) is 52.0. The molecule has 3 atom stereocenters. The van der Waals surface area contributed by atoms with Crippen LogP contribution in [0.5, 0.6) is 0 Å². The van der Waals surface area contributed by atoms with Crippen LogP contribution >= 0.6 is 0 Å². The highest BCUT2D eigenvalue weighted by Gasteiger charge is 2.36. The highest BCUT2D eigenvalue weighted by molar-refractivity contribution is 4.87. The van der Waals surface area contributed by atoms with Crippen molar-refractivity contribution in [3.05, 3.63) is 7.05 Å². The molecule has 1 fully saturated rings. The number of likely N-dealkylation sites (tertiary alicyclic amines) is 1. The summed E-state index contributed by atoms with van der Waals surface area (Å²) < 4.78 is 0. The second-order valence-electron chi connectivity index (χ2n) is 3.54. The average Bonchev–Trinajstić information content (AvgIpc) is 1.79. The van der Waals surface area contributed by atoms with Gasteiger partial charge in [0.1, 0.15) is 0 Å². The van der Waals surface area contributed by atoms with Gasteiger partial charge in [-0.15, -0.1) is 0 Å². The van der Waals surface area contributed by atoms with Gasteiger partial charge < -0.3 is 10.6 Å². The lowest BCUT2D eigenvalue weighted by Crippen LogP contribution is -3.05. The average molecular weight is 128 g/mol. The monoisotopic (exact) mass is 128 g/mol. The number of nitrogens with one attached hydrogen (secondary N) is 1. The summed E-state index contributed by atoms with van der Waals surface area (Å²) in [7, 11) is 3.92. The van der Waals surface area contributed by atoms with Gasteiger partial charge in [-0.2, -0.15) is 7.05 Å². The van der Waals surface area contributed by atoms with E-state index < -0.39 is 0 Å². The lowest BCUT2D eigenvalue weighted by Gasteiger charge is -2.19. The Morgan fingerprint density at radius 3 is 2.44 bits per heavy atom. The second-order valence-corrected chi connectivity index (χ2v) is 3.54. The summed E-state index contributed by atoms with van der Waals surface area (Å²) in [5.41, 5.74) is 5.98. The molecule has 9 heavy (non-hydrogen) atoms. The molecule has 0 spiro atoms. The summed E-state index contributed by atoms with van der Waals surface area (Å²) >= 11 is 0. The lowest BCUT2D eigenvalue weighted by molar-refractivity contribution is -0.842. The van der Waals surface area contributed by atoms with Crippen molar-refractivity contribution in [2.45, 2.75) is 19.4 Å². The van der Waals surface area contributed by atoms with Gasteiger partial charge in [-0.3, -0.25) is 0 Å². The summed E-state index contributed by atoms with van der Waals surface area (Å²) in [5, 5.41) is 0. The van der Waals surface area contributed by atoms with Gasteiger partial charge in [0.15, 0.2) is 0 Å². The summed E-state index contributed by atoms with van der Waals surface area (Å²) in [5.74, 6) is 0.616. The van der Waals surface area contributed by atoms with Crippen LogP contribution in [-0.2, 0) is 0 Å². The molecule has 1 saturated heterocycles. The summed E-state index contributed by atoms with van der Waals surface area (Å²) in [6.07, 6.45) is 0. The number of rotatable bonds is 0. The Balaban J connectivity index is 2.58. The predicted molar refractivity (Wildman–Crippen MR) is 37.8 cm³/mol. The van der Waals surface area contributed by atoms with Crippen LogP contribution in [0.15, 0.2) is 0 Å². The first-order valence-corrected chi connectivity index (χ1v) is 3.48. The minimum Gasteiger partial charge on any atom is -0.466 e. The fourth-order valence-electron chi connectivity index (χ4n) is 1.45. The van der Waals surface area contributed by atoms with Gasteiger partial charge in [-0.1, -0.05) is 6.92 Å². The Morgan fingerprint density at radius 2 is 2.33 bits per heavy atom. The number of hydrogen-bond acceptors (Lipinski definition) is 1. The number of hydrogen-bond donors (Lipinski definition) is 2. The summed E-state index contributed by atoms with van der Waals surface area (Å²) in [6, 6.07) is 0. The van der Waals surface area contributed by atoms with E-state index in [9.17, 15) is 0 Å². The first-order valence-electron chi connectivity index (χ1n) is 3.48. The standard InChI is InChI=1S/C7H16N2/c1-6-4-9(3)5-7(6,2)8/h6,9H,3-5,8H2,1-2H3/t6-,7-/m0/s1. The molecule has 0 saturated carbocycles. The highest BCUT2D eigenvalue weighted by Crippen LogP contribution is 2.13. The molecular formula is C7H16N2. The molecule has 3 N–H and O–H groups in total. The van der Waals surface area contributed by atoms with E-state index in [2.05, 4.69) is 20.9 Å². The minimum absolute atomic E-state index is 0.0249. The second kappa shape index (κ2) is 1.96. The van der Waals surface area contributed by atoms with E-state index in [4.69, 9.17) is 5.73 Å².